The van der Waals surface area contributed by atoms with Gasteiger partial charge in [0.1, 0.15) is 6.04 Å². The predicted molar refractivity (Wildman–Crippen MR) is 79.8 cm³/mol. The highest BCUT2D eigenvalue weighted by Crippen LogP contribution is 2.35. The Hall–Kier alpha value is -1.31. The van der Waals surface area contributed by atoms with Crippen LogP contribution in [0.4, 0.5) is 0 Å². The molecule has 0 saturated heterocycles. The molecule has 2 unspecified atom stereocenters. The van der Waals surface area contributed by atoms with E-state index in [4.69, 9.17) is 0 Å². The first-order chi connectivity index (χ1) is 9.08. The maximum absolute atomic E-state index is 9.63. The van der Waals surface area contributed by atoms with Crippen molar-refractivity contribution in [2.24, 2.45) is 20.5 Å². The zero-order valence-corrected chi connectivity index (χ0v) is 13.6. The quantitative estimate of drug-likeness (QED) is 0.674. The second-order valence-corrected chi connectivity index (χ2v) is 7.55. The summed E-state index contributed by atoms with van der Waals surface area (Å²) < 4.78 is 0. The average Bonchev–Trinajstić information content (AvgIpc) is 2.33. The van der Waals surface area contributed by atoms with Crippen LogP contribution in [0.5, 0.6) is 0 Å². The van der Waals surface area contributed by atoms with Crippen molar-refractivity contribution in [1.29, 1.82) is 5.26 Å². The van der Waals surface area contributed by atoms with Crippen molar-refractivity contribution in [1.82, 2.24) is 0 Å². The van der Waals surface area contributed by atoms with E-state index in [-0.39, 0.29) is 17.1 Å². The molecule has 0 aromatic heterocycles. The maximum atomic E-state index is 9.63. The minimum Gasteiger partial charge on any atom is -0.195 e. The molecule has 0 aromatic rings. The molecular formula is C15H27N5. The van der Waals surface area contributed by atoms with Gasteiger partial charge in [-0.2, -0.15) is 25.7 Å². The van der Waals surface area contributed by atoms with E-state index in [9.17, 15) is 5.26 Å². The van der Waals surface area contributed by atoms with Gasteiger partial charge in [-0.05, 0) is 60.8 Å². The van der Waals surface area contributed by atoms with Gasteiger partial charge in [0, 0.05) is 0 Å². The van der Waals surface area contributed by atoms with Gasteiger partial charge in [-0.15, -0.1) is 0 Å². The molecule has 0 aromatic carbocycles. The van der Waals surface area contributed by atoms with Crippen LogP contribution >= 0.6 is 0 Å². The van der Waals surface area contributed by atoms with Crippen molar-refractivity contribution >= 4 is 0 Å². The van der Waals surface area contributed by atoms with Crippen LogP contribution in [0.25, 0.3) is 0 Å². The molecule has 1 saturated carbocycles. The summed E-state index contributed by atoms with van der Waals surface area (Å²) in [6.07, 6.45) is 3.65. The van der Waals surface area contributed by atoms with E-state index in [1.54, 1.807) is 0 Å². The number of nitriles is 1. The third kappa shape index (κ3) is 4.99. The first kappa shape index (κ1) is 16.7. The zero-order chi connectivity index (χ0) is 15.4. The van der Waals surface area contributed by atoms with Crippen LogP contribution in [0.2, 0.25) is 0 Å². The van der Waals surface area contributed by atoms with Gasteiger partial charge in [0.25, 0.3) is 0 Å². The molecule has 1 aliphatic rings. The fourth-order valence-corrected chi connectivity index (χ4v) is 2.04. The van der Waals surface area contributed by atoms with Crippen LogP contribution in [-0.4, -0.2) is 22.7 Å². The summed E-state index contributed by atoms with van der Waals surface area (Å²) in [7, 11) is 0. The number of hydrogen-bond donors (Lipinski definition) is 0. The summed E-state index contributed by atoms with van der Waals surface area (Å²) in [6, 6.07) is 2.19. The van der Waals surface area contributed by atoms with Crippen LogP contribution in [0.3, 0.4) is 0 Å². The van der Waals surface area contributed by atoms with Crippen LogP contribution in [0, 0.1) is 11.3 Å². The van der Waals surface area contributed by atoms with E-state index in [2.05, 4.69) is 26.5 Å². The van der Waals surface area contributed by atoms with Gasteiger partial charge < -0.3 is 0 Å². The molecule has 5 nitrogen and oxygen atoms in total. The van der Waals surface area contributed by atoms with E-state index in [1.165, 1.54) is 0 Å². The molecule has 0 spiro atoms. The van der Waals surface area contributed by atoms with Crippen LogP contribution in [0.15, 0.2) is 20.5 Å². The Kier molecular flexibility index (Phi) is 5.01. The van der Waals surface area contributed by atoms with E-state index in [1.807, 2.05) is 41.5 Å². The molecule has 5 heteroatoms. The fourth-order valence-electron chi connectivity index (χ4n) is 2.04. The Balaban J connectivity index is 3.03. The molecule has 0 bridgehead atoms. The molecule has 0 heterocycles. The number of hydrogen-bond acceptors (Lipinski definition) is 5. The summed E-state index contributed by atoms with van der Waals surface area (Å²) in [4.78, 5) is 0. The van der Waals surface area contributed by atoms with Gasteiger partial charge >= 0.3 is 0 Å². The number of rotatable bonds is 2. The lowest BCUT2D eigenvalue weighted by atomic mass is 9.79. The van der Waals surface area contributed by atoms with Crippen LogP contribution in [-0.2, 0) is 0 Å². The Morgan fingerprint density at radius 2 is 1.60 bits per heavy atom. The van der Waals surface area contributed by atoms with E-state index in [0.29, 0.717) is 0 Å². The van der Waals surface area contributed by atoms with E-state index >= 15 is 0 Å². The Bertz CT molecular complexity index is 419. The first-order valence-electron chi connectivity index (χ1n) is 7.35. The number of azo groups is 2. The Morgan fingerprint density at radius 3 is 2.10 bits per heavy atom. The normalized spacial score (nSPS) is 28.9. The van der Waals surface area contributed by atoms with Gasteiger partial charge in [0.05, 0.1) is 17.1 Å². The standard InChI is InChI=1S/C15H27N5/c1-13(2,3)18-17-12-9-7-8-10-15(12,11-16)20-19-14(4,5)6/h12H,7-10H2,1-6H3. The van der Waals surface area contributed by atoms with Crippen molar-refractivity contribution in [2.45, 2.75) is 89.9 Å². The molecule has 0 amide bonds. The summed E-state index contributed by atoms with van der Waals surface area (Å²) in [5.41, 5.74) is -1.33. The van der Waals surface area contributed by atoms with Gasteiger partial charge in [-0.3, -0.25) is 0 Å². The largest absolute Gasteiger partial charge is 0.195 e. The molecule has 2 atom stereocenters. The van der Waals surface area contributed by atoms with Gasteiger partial charge in [0.2, 0.25) is 0 Å². The molecule has 1 fully saturated rings. The summed E-state index contributed by atoms with van der Waals surface area (Å²) in [5.74, 6) is 0. The Morgan fingerprint density at radius 1 is 1.00 bits per heavy atom. The molecule has 0 N–H and O–H groups in total. The van der Waals surface area contributed by atoms with E-state index < -0.39 is 5.54 Å². The van der Waals surface area contributed by atoms with Gasteiger partial charge in [0.15, 0.2) is 5.54 Å². The first-order valence-corrected chi connectivity index (χ1v) is 7.35. The number of nitrogens with zero attached hydrogens (tertiary/aromatic N) is 5. The second kappa shape index (κ2) is 5.99. The summed E-state index contributed by atoms with van der Waals surface area (Å²) in [5, 5.41) is 27.1. The zero-order valence-electron chi connectivity index (χ0n) is 13.6. The van der Waals surface area contributed by atoms with Crippen molar-refractivity contribution < 1.29 is 0 Å². The SMILES string of the molecule is CC(C)(C)N=NC1CCCCC1(C#N)N=NC(C)(C)C. The lowest BCUT2D eigenvalue weighted by Gasteiger charge is -2.32. The molecule has 1 aliphatic carbocycles. The molecule has 0 aliphatic heterocycles. The highest BCUT2D eigenvalue weighted by atomic mass is 15.2. The van der Waals surface area contributed by atoms with Gasteiger partial charge in [-0.25, -0.2) is 0 Å². The molecule has 112 valence electrons. The molecule has 1 rings (SSSR count). The van der Waals surface area contributed by atoms with Crippen molar-refractivity contribution in [3.05, 3.63) is 0 Å². The third-order valence-electron chi connectivity index (χ3n) is 3.06. The minimum absolute atomic E-state index is 0.174. The van der Waals surface area contributed by atoms with Crippen molar-refractivity contribution in [3.63, 3.8) is 0 Å². The molecular weight excluding hydrogens is 250 g/mol. The topological polar surface area (TPSA) is 73.2 Å². The smallest absolute Gasteiger partial charge is 0.191 e. The van der Waals surface area contributed by atoms with Crippen molar-refractivity contribution in [2.75, 3.05) is 0 Å². The fraction of sp³-hybridized carbons (Fsp3) is 0.933. The third-order valence-corrected chi connectivity index (χ3v) is 3.06. The molecule has 0 radical (unpaired) electrons. The van der Waals surface area contributed by atoms with Crippen LogP contribution < -0.4 is 0 Å². The highest BCUT2D eigenvalue weighted by Gasteiger charge is 2.43. The van der Waals surface area contributed by atoms with E-state index in [0.717, 1.165) is 25.7 Å². The lowest BCUT2D eigenvalue weighted by molar-refractivity contribution is 0.285. The second-order valence-electron chi connectivity index (χ2n) is 7.55. The molecule has 20 heavy (non-hydrogen) atoms. The van der Waals surface area contributed by atoms with Crippen LogP contribution in [0.1, 0.15) is 67.2 Å². The average molecular weight is 277 g/mol. The summed E-state index contributed by atoms with van der Waals surface area (Å²) in [6.45, 7) is 12.0. The highest BCUT2D eigenvalue weighted by molar-refractivity contribution is 5.15. The van der Waals surface area contributed by atoms with Gasteiger partial charge in [-0.1, -0.05) is 6.42 Å². The maximum Gasteiger partial charge on any atom is 0.191 e. The summed E-state index contributed by atoms with van der Waals surface area (Å²) >= 11 is 0. The predicted octanol–water partition coefficient (Wildman–Crippen LogP) is 4.69. The minimum atomic E-state index is -0.833. The monoisotopic (exact) mass is 277 g/mol. The lowest BCUT2D eigenvalue weighted by Crippen LogP contribution is -2.41. The van der Waals surface area contributed by atoms with Crippen molar-refractivity contribution in [3.8, 4) is 6.07 Å². The Labute approximate surface area is 122 Å².